The molecule has 1 atom stereocenters. The lowest BCUT2D eigenvalue weighted by molar-refractivity contribution is -0.878. The Morgan fingerprint density at radius 1 is 1.03 bits per heavy atom. The van der Waals surface area contributed by atoms with Gasteiger partial charge < -0.3 is 10.2 Å². The summed E-state index contributed by atoms with van der Waals surface area (Å²) in [5.74, 6) is -0.354. The minimum absolute atomic E-state index is 0.0215. The fourth-order valence-electron chi connectivity index (χ4n) is 3.91. The zero-order valence-corrected chi connectivity index (χ0v) is 21.2. The van der Waals surface area contributed by atoms with Crippen LogP contribution in [-0.4, -0.2) is 45.0 Å². The number of anilines is 1. The van der Waals surface area contributed by atoms with Gasteiger partial charge in [-0.25, -0.2) is 0 Å². The van der Waals surface area contributed by atoms with Gasteiger partial charge in [0.15, 0.2) is 0 Å². The first-order valence-electron chi connectivity index (χ1n) is 11.7. The number of hydrogen-bond donors (Lipinski definition) is 2. The second-order valence-electron chi connectivity index (χ2n) is 8.57. The van der Waals surface area contributed by atoms with Crippen LogP contribution < -0.4 is 15.1 Å². The molecule has 35 heavy (non-hydrogen) atoms. The van der Waals surface area contributed by atoms with Crippen molar-refractivity contribution in [1.29, 1.82) is 0 Å². The highest BCUT2D eigenvalue weighted by atomic mass is 35.5. The number of benzene rings is 3. The van der Waals surface area contributed by atoms with Crippen LogP contribution in [0.3, 0.4) is 0 Å². The molecule has 2 N–H and O–H groups in total. The first-order valence-corrected chi connectivity index (χ1v) is 12.9. The standard InChI is InChI=1S/C28H28ClN3O2S/c1-31(16-14-21-8-3-2-4-9-21)17-15-30-27(33)20-32-24-12-5-6-13-25(24)35-26(28(32)34)19-22-10-7-11-23(29)18-22/h2-13,18-19H,14-17,20H2,1H3,(H,30,33)/p+1. The largest absolute Gasteiger partial charge is 0.349 e. The molecule has 0 aliphatic carbocycles. The van der Waals surface area contributed by atoms with E-state index in [0.717, 1.165) is 35.7 Å². The van der Waals surface area contributed by atoms with Crippen molar-refractivity contribution in [3.63, 3.8) is 0 Å². The smallest absolute Gasteiger partial charge is 0.265 e. The summed E-state index contributed by atoms with van der Waals surface area (Å²) in [5, 5.41) is 3.60. The monoisotopic (exact) mass is 506 g/mol. The molecule has 0 saturated heterocycles. The number of hydrogen-bond acceptors (Lipinski definition) is 3. The number of likely N-dealkylation sites (N-methyl/N-ethyl adjacent to an activating group) is 1. The van der Waals surface area contributed by atoms with Gasteiger partial charge in [0.25, 0.3) is 5.91 Å². The summed E-state index contributed by atoms with van der Waals surface area (Å²) in [4.78, 5) is 30.5. The predicted molar refractivity (Wildman–Crippen MR) is 144 cm³/mol. The summed E-state index contributed by atoms with van der Waals surface area (Å²) in [6, 6.07) is 25.4. The molecule has 2 amide bonds. The summed E-state index contributed by atoms with van der Waals surface area (Å²) in [5.41, 5.74) is 2.92. The van der Waals surface area contributed by atoms with Crippen LogP contribution in [0.25, 0.3) is 6.08 Å². The van der Waals surface area contributed by atoms with Gasteiger partial charge in [-0.2, -0.15) is 0 Å². The van der Waals surface area contributed by atoms with Gasteiger partial charge in [-0.3, -0.25) is 14.5 Å². The van der Waals surface area contributed by atoms with Crippen LogP contribution >= 0.6 is 23.4 Å². The second-order valence-corrected chi connectivity index (χ2v) is 10.1. The van der Waals surface area contributed by atoms with Gasteiger partial charge in [0.05, 0.1) is 37.3 Å². The minimum atomic E-state index is -0.186. The molecule has 4 rings (SSSR count). The maximum absolute atomic E-state index is 13.3. The molecule has 180 valence electrons. The maximum Gasteiger partial charge on any atom is 0.265 e. The Labute approximate surface area is 215 Å². The molecular formula is C28H29ClN3O2S+. The first-order chi connectivity index (χ1) is 17.0. The van der Waals surface area contributed by atoms with Gasteiger partial charge in [-0.05, 0) is 41.5 Å². The number of carbonyl (C=O) groups excluding carboxylic acids is 2. The number of halogens is 1. The summed E-state index contributed by atoms with van der Waals surface area (Å²) in [7, 11) is 2.13. The molecule has 3 aromatic rings. The van der Waals surface area contributed by atoms with Gasteiger partial charge in [0, 0.05) is 16.3 Å². The summed E-state index contributed by atoms with van der Waals surface area (Å²) in [6.07, 6.45) is 2.82. The number of rotatable bonds is 9. The van der Waals surface area contributed by atoms with E-state index in [-0.39, 0.29) is 18.4 Å². The summed E-state index contributed by atoms with van der Waals surface area (Å²) < 4.78 is 0. The highest BCUT2D eigenvalue weighted by Crippen LogP contribution is 2.41. The van der Waals surface area contributed by atoms with Crippen molar-refractivity contribution in [3.05, 3.63) is 99.9 Å². The molecule has 0 fully saturated rings. The highest BCUT2D eigenvalue weighted by molar-refractivity contribution is 8.04. The third kappa shape index (κ3) is 6.98. The van der Waals surface area contributed by atoms with E-state index in [1.54, 1.807) is 11.0 Å². The molecule has 1 heterocycles. The molecule has 1 aliphatic heterocycles. The zero-order valence-electron chi connectivity index (χ0n) is 19.7. The van der Waals surface area contributed by atoms with E-state index < -0.39 is 0 Å². The van der Waals surface area contributed by atoms with E-state index in [1.165, 1.54) is 22.2 Å². The molecule has 0 spiro atoms. The van der Waals surface area contributed by atoms with Crippen LogP contribution in [0.1, 0.15) is 11.1 Å². The SMILES string of the molecule is C[NH+](CCNC(=O)CN1C(=O)C(=Cc2cccc(Cl)c2)Sc2ccccc21)CCc1ccccc1. The van der Waals surface area contributed by atoms with Crippen LogP contribution in [-0.2, 0) is 16.0 Å². The second kappa shape index (κ2) is 12.1. The summed E-state index contributed by atoms with van der Waals surface area (Å²) in [6.45, 7) is 2.35. The zero-order chi connectivity index (χ0) is 24.6. The van der Waals surface area contributed by atoms with E-state index in [2.05, 4.69) is 36.6 Å². The molecule has 0 bridgehead atoms. The van der Waals surface area contributed by atoms with E-state index in [9.17, 15) is 9.59 Å². The molecule has 0 saturated carbocycles. The average Bonchev–Trinajstić information content (AvgIpc) is 2.86. The molecule has 7 heteroatoms. The molecule has 0 aromatic heterocycles. The Kier molecular flexibility index (Phi) is 8.64. The van der Waals surface area contributed by atoms with Crippen molar-refractivity contribution in [2.45, 2.75) is 11.3 Å². The van der Waals surface area contributed by atoms with Crippen molar-refractivity contribution < 1.29 is 14.5 Å². The van der Waals surface area contributed by atoms with Crippen LogP contribution in [0.4, 0.5) is 5.69 Å². The Balaban J connectivity index is 1.36. The van der Waals surface area contributed by atoms with Crippen molar-refractivity contribution in [2.24, 2.45) is 0 Å². The molecular weight excluding hydrogens is 478 g/mol. The van der Waals surface area contributed by atoms with Crippen molar-refractivity contribution in [2.75, 3.05) is 38.1 Å². The topological polar surface area (TPSA) is 53.9 Å². The number of nitrogens with one attached hydrogen (secondary N) is 2. The Bertz CT molecular complexity index is 1220. The average molecular weight is 507 g/mol. The molecule has 1 aliphatic rings. The van der Waals surface area contributed by atoms with Crippen LogP contribution in [0.15, 0.2) is 88.7 Å². The highest BCUT2D eigenvalue weighted by Gasteiger charge is 2.30. The van der Waals surface area contributed by atoms with Crippen LogP contribution in [0, 0.1) is 0 Å². The fourth-order valence-corrected chi connectivity index (χ4v) is 5.17. The van der Waals surface area contributed by atoms with Gasteiger partial charge >= 0.3 is 0 Å². The number of nitrogens with zero attached hydrogens (tertiary/aromatic N) is 1. The minimum Gasteiger partial charge on any atom is -0.349 e. The number of carbonyl (C=O) groups is 2. The van der Waals surface area contributed by atoms with Gasteiger partial charge in [-0.15, -0.1) is 0 Å². The fraction of sp³-hybridized carbons (Fsp3) is 0.214. The third-order valence-electron chi connectivity index (χ3n) is 5.84. The van der Waals surface area contributed by atoms with Gasteiger partial charge in [-0.1, -0.05) is 78.0 Å². The van der Waals surface area contributed by atoms with Crippen molar-refractivity contribution >= 4 is 46.9 Å². The first kappa shape index (κ1) is 25.0. The number of fused-ring (bicyclic) bond motifs is 1. The van der Waals surface area contributed by atoms with Crippen molar-refractivity contribution in [1.82, 2.24) is 5.32 Å². The van der Waals surface area contributed by atoms with E-state index in [1.807, 2.05) is 54.6 Å². The molecule has 5 nitrogen and oxygen atoms in total. The molecule has 0 radical (unpaired) electrons. The Hall–Kier alpha value is -3.06. The van der Waals surface area contributed by atoms with E-state index in [4.69, 9.17) is 11.6 Å². The van der Waals surface area contributed by atoms with Crippen LogP contribution in [0.5, 0.6) is 0 Å². The molecule has 3 aromatic carbocycles. The number of para-hydroxylation sites is 1. The molecule has 1 unspecified atom stereocenters. The lowest BCUT2D eigenvalue weighted by atomic mass is 10.1. The van der Waals surface area contributed by atoms with Gasteiger partial charge in [0.2, 0.25) is 5.91 Å². The van der Waals surface area contributed by atoms with E-state index in [0.29, 0.717) is 16.5 Å². The maximum atomic E-state index is 13.3. The lowest BCUT2D eigenvalue weighted by Crippen LogP contribution is -3.10. The van der Waals surface area contributed by atoms with Crippen LogP contribution in [0.2, 0.25) is 5.02 Å². The van der Waals surface area contributed by atoms with Crippen molar-refractivity contribution in [3.8, 4) is 0 Å². The lowest BCUT2D eigenvalue weighted by Gasteiger charge is -2.29. The summed E-state index contributed by atoms with van der Waals surface area (Å²) >= 11 is 7.53. The van der Waals surface area contributed by atoms with Gasteiger partial charge in [0.1, 0.15) is 6.54 Å². The normalized spacial score (nSPS) is 15.1. The third-order valence-corrected chi connectivity index (χ3v) is 7.15. The Morgan fingerprint density at radius 3 is 2.60 bits per heavy atom. The Morgan fingerprint density at radius 2 is 1.80 bits per heavy atom. The quantitative estimate of drug-likeness (QED) is 0.435. The number of quaternary nitrogens is 1. The van der Waals surface area contributed by atoms with E-state index >= 15 is 0 Å². The number of amides is 2. The number of thioether (sulfide) groups is 1. The predicted octanol–water partition coefficient (Wildman–Crippen LogP) is 3.69.